The van der Waals surface area contributed by atoms with Gasteiger partial charge in [-0.3, -0.25) is 4.79 Å². The molecule has 1 fully saturated rings. The molecule has 1 saturated heterocycles. The van der Waals surface area contributed by atoms with Crippen LogP contribution in [-0.2, 0) is 6.54 Å². The molecular weight excluding hydrogens is 220 g/mol. The van der Waals surface area contributed by atoms with Gasteiger partial charge in [0.25, 0.3) is 5.56 Å². The van der Waals surface area contributed by atoms with Crippen LogP contribution in [0.2, 0.25) is 0 Å². The fourth-order valence-corrected chi connectivity index (χ4v) is 2.13. The number of carboxylic acid groups (broad SMARTS) is 1. The highest BCUT2D eigenvalue weighted by atomic mass is 16.4. The number of hydrogen-bond acceptors (Lipinski definition) is 3. The van der Waals surface area contributed by atoms with Crippen molar-refractivity contribution in [2.24, 2.45) is 5.92 Å². The van der Waals surface area contributed by atoms with Crippen LogP contribution >= 0.6 is 0 Å². The van der Waals surface area contributed by atoms with Crippen molar-refractivity contribution < 1.29 is 9.90 Å². The van der Waals surface area contributed by atoms with Gasteiger partial charge in [0.15, 0.2) is 0 Å². The highest BCUT2D eigenvalue weighted by Gasteiger charge is 2.14. The number of hydrogen-bond donors (Lipinski definition) is 2. The quantitative estimate of drug-likeness (QED) is 0.803. The number of nitrogens with one attached hydrogen (secondary N) is 1. The Labute approximate surface area is 99.1 Å². The Bertz CT molecular complexity index is 461. The molecule has 0 unspecified atom stereocenters. The van der Waals surface area contributed by atoms with Gasteiger partial charge in [0.05, 0.1) is 5.56 Å². The van der Waals surface area contributed by atoms with Crippen LogP contribution in [0.15, 0.2) is 23.1 Å². The second kappa shape index (κ2) is 5.14. The average molecular weight is 236 g/mol. The predicted molar refractivity (Wildman–Crippen MR) is 63.3 cm³/mol. The van der Waals surface area contributed by atoms with Crippen LogP contribution in [0.5, 0.6) is 0 Å². The maximum absolute atomic E-state index is 11.7. The Balaban J connectivity index is 2.11. The lowest BCUT2D eigenvalue weighted by Gasteiger charge is -2.23. The summed E-state index contributed by atoms with van der Waals surface area (Å²) in [5, 5.41) is 12.0. The molecule has 1 aliphatic heterocycles. The number of aromatic nitrogens is 1. The highest BCUT2D eigenvalue weighted by Crippen LogP contribution is 2.13. The van der Waals surface area contributed by atoms with Crippen molar-refractivity contribution in [1.29, 1.82) is 0 Å². The molecule has 5 heteroatoms. The van der Waals surface area contributed by atoms with Crippen LogP contribution in [0.1, 0.15) is 23.2 Å². The summed E-state index contributed by atoms with van der Waals surface area (Å²) in [6, 6.07) is 2.66. The monoisotopic (exact) mass is 236 g/mol. The van der Waals surface area contributed by atoms with Crippen molar-refractivity contribution >= 4 is 5.97 Å². The third kappa shape index (κ3) is 2.94. The fraction of sp³-hybridized carbons (Fsp3) is 0.500. The second-order valence-electron chi connectivity index (χ2n) is 4.40. The Kier molecular flexibility index (Phi) is 3.58. The molecule has 0 radical (unpaired) electrons. The molecule has 0 bridgehead atoms. The molecule has 2 heterocycles. The van der Waals surface area contributed by atoms with Crippen LogP contribution in [0.25, 0.3) is 0 Å². The van der Waals surface area contributed by atoms with E-state index in [1.165, 1.54) is 12.1 Å². The zero-order valence-corrected chi connectivity index (χ0v) is 9.56. The van der Waals surface area contributed by atoms with Crippen LogP contribution in [0, 0.1) is 5.92 Å². The summed E-state index contributed by atoms with van der Waals surface area (Å²) in [5.41, 5.74) is -0.181. The van der Waals surface area contributed by atoms with E-state index in [2.05, 4.69) is 5.32 Å². The van der Waals surface area contributed by atoms with E-state index in [1.807, 2.05) is 0 Å². The lowest BCUT2D eigenvalue weighted by atomic mass is 9.98. The maximum Gasteiger partial charge on any atom is 0.335 e. The summed E-state index contributed by atoms with van der Waals surface area (Å²) in [4.78, 5) is 22.4. The number of aromatic carboxylic acids is 1. The Morgan fingerprint density at radius 1 is 1.47 bits per heavy atom. The summed E-state index contributed by atoms with van der Waals surface area (Å²) < 4.78 is 1.60. The molecule has 1 aromatic heterocycles. The first-order chi connectivity index (χ1) is 8.16. The van der Waals surface area contributed by atoms with Gasteiger partial charge in [-0.25, -0.2) is 4.79 Å². The minimum atomic E-state index is -1.06. The molecule has 2 rings (SSSR count). The molecule has 5 nitrogen and oxygen atoms in total. The van der Waals surface area contributed by atoms with Crippen molar-refractivity contribution in [3.8, 4) is 0 Å². The van der Waals surface area contributed by atoms with Crippen molar-refractivity contribution in [2.45, 2.75) is 19.4 Å². The summed E-state index contributed by atoms with van der Waals surface area (Å²) in [5.74, 6) is -0.555. The highest BCUT2D eigenvalue weighted by molar-refractivity contribution is 5.87. The molecule has 2 N–H and O–H groups in total. The Hall–Kier alpha value is -1.62. The molecule has 0 atom stereocenters. The maximum atomic E-state index is 11.7. The van der Waals surface area contributed by atoms with Crippen LogP contribution < -0.4 is 10.9 Å². The van der Waals surface area contributed by atoms with Gasteiger partial charge in [-0.05, 0) is 37.9 Å². The average Bonchev–Trinajstić information content (AvgIpc) is 2.33. The number of pyridine rings is 1. The first kappa shape index (κ1) is 11.9. The van der Waals surface area contributed by atoms with E-state index in [9.17, 15) is 9.59 Å². The summed E-state index contributed by atoms with van der Waals surface area (Å²) in [6.07, 6.45) is 3.70. The number of piperidine rings is 1. The van der Waals surface area contributed by atoms with Gasteiger partial charge in [0.2, 0.25) is 0 Å². The van der Waals surface area contributed by atoms with Gasteiger partial charge in [-0.15, -0.1) is 0 Å². The molecule has 1 aromatic rings. The van der Waals surface area contributed by atoms with Gasteiger partial charge in [0.1, 0.15) is 0 Å². The van der Waals surface area contributed by atoms with Gasteiger partial charge < -0.3 is 15.0 Å². The molecule has 92 valence electrons. The minimum Gasteiger partial charge on any atom is -0.478 e. The Morgan fingerprint density at radius 2 is 2.18 bits per heavy atom. The largest absolute Gasteiger partial charge is 0.478 e. The van der Waals surface area contributed by atoms with E-state index >= 15 is 0 Å². The lowest BCUT2D eigenvalue weighted by Crippen LogP contribution is -2.32. The van der Waals surface area contributed by atoms with Gasteiger partial charge in [0, 0.05) is 18.8 Å². The van der Waals surface area contributed by atoms with Crippen molar-refractivity contribution in [2.75, 3.05) is 13.1 Å². The van der Waals surface area contributed by atoms with Gasteiger partial charge in [-0.2, -0.15) is 0 Å². The molecule has 0 saturated carbocycles. The zero-order valence-electron chi connectivity index (χ0n) is 9.56. The first-order valence-corrected chi connectivity index (χ1v) is 5.81. The molecule has 0 aliphatic carbocycles. The van der Waals surface area contributed by atoms with E-state index in [-0.39, 0.29) is 11.1 Å². The van der Waals surface area contributed by atoms with Crippen molar-refractivity contribution in [3.63, 3.8) is 0 Å². The molecule has 17 heavy (non-hydrogen) atoms. The second-order valence-corrected chi connectivity index (χ2v) is 4.40. The summed E-state index contributed by atoms with van der Waals surface area (Å²) in [6.45, 7) is 2.67. The van der Waals surface area contributed by atoms with E-state index in [1.54, 1.807) is 10.8 Å². The van der Waals surface area contributed by atoms with Crippen molar-refractivity contribution in [1.82, 2.24) is 9.88 Å². The Morgan fingerprint density at radius 3 is 2.76 bits per heavy atom. The first-order valence-electron chi connectivity index (χ1n) is 5.81. The van der Waals surface area contributed by atoms with E-state index in [0.717, 1.165) is 25.9 Å². The standard InChI is InChI=1S/C12H16N2O3/c15-11-7-10(12(16)17)3-6-14(11)8-9-1-4-13-5-2-9/h3,6-7,9,13H,1-2,4-5,8H2,(H,16,17). The summed E-state index contributed by atoms with van der Waals surface area (Å²) in [7, 11) is 0. The van der Waals surface area contributed by atoms with Gasteiger partial charge >= 0.3 is 5.97 Å². The third-order valence-electron chi connectivity index (χ3n) is 3.16. The summed E-state index contributed by atoms with van der Waals surface area (Å²) >= 11 is 0. The van der Waals surface area contributed by atoms with Crippen molar-refractivity contribution in [3.05, 3.63) is 34.2 Å². The normalized spacial score (nSPS) is 16.9. The molecule has 1 aliphatic rings. The number of rotatable bonds is 3. The minimum absolute atomic E-state index is 0.0524. The smallest absolute Gasteiger partial charge is 0.335 e. The van der Waals surface area contributed by atoms with Crippen LogP contribution in [0.3, 0.4) is 0 Å². The van der Waals surface area contributed by atoms with Crippen LogP contribution in [-0.4, -0.2) is 28.7 Å². The van der Waals surface area contributed by atoms with E-state index in [4.69, 9.17) is 5.11 Å². The number of carbonyl (C=O) groups is 1. The lowest BCUT2D eigenvalue weighted by molar-refractivity contribution is 0.0696. The van der Waals surface area contributed by atoms with E-state index < -0.39 is 5.97 Å². The fourth-order valence-electron chi connectivity index (χ4n) is 2.13. The predicted octanol–water partition coefficient (Wildman–Crippen LogP) is 0.546. The van der Waals surface area contributed by atoms with Crippen LogP contribution in [0.4, 0.5) is 0 Å². The molecular formula is C12H16N2O3. The van der Waals surface area contributed by atoms with E-state index in [0.29, 0.717) is 12.5 Å². The topological polar surface area (TPSA) is 71.3 Å². The zero-order chi connectivity index (χ0) is 12.3. The molecule has 0 aromatic carbocycles. The third-order valence-corrected chi connectivity index (χ3v) is 3.16. The number of carboxylic acids is 1. The molecule has 0 amide bonds. The SMILES string of the molecule is O=C(O)c1ccn(CC2CCNCC2)c(=O)c1. The molecule has 0 spiro atoms. The van der Waals surface area contributed by atoms with Gasteiger partial charge in [-0.1, -0.05) is 0 Å². The number of nitrogens with zero attached hydrogens (tertiary/aromatic N) is 1.